The Labute approximate surface area is 127 Å². The van der Waals surface area contributed by atoms with Crippen LogP contribution in [0.3, 0.4) is 0 Å². The molecule has 20 heavy (non-hydrogen) atoms. The van der Waals surface area contributed by atoms with E-state index in [1.165, 1.54) is 10.8 Å². The van der Waals surface area contributed by atoms with Gasteiger partial charge in [0, 0.05) is 4.90 Å². The Balaban J connectivity index is 1.99. The van der Waals surface area contributed by atoms with E-state index >= 15 is 0 Å². The number of aromatic nitrogens is 2. The van der Waals surface area contributed by atoms with Gasteiger partial charge in [0.25, 0.3) is 0 Å². The zero-order chi connectivity index (χ0) is 14.1. The number of aryl methyl sites for hydroxylation is 2. The van der Waals surface area contributed by atoms with Gasteiger partial charge in [-0.25, -0.2) is 9.97 Å². The van der Waals surface area contributed by atoms with Crippen molar-refractivity contribution in [3.8, 4) is 0 Å². The van der Waals surface area contributed by atoms with Crippen LogP contribution in [0.5, 0.6) is 0 Å². The fourth-order valence-electron chi connectivity index (χ4n) is 1.96. The van der Waals surface area contributed by atoms with Crippen LogP contribution in [0.25, 0.3) is 10.8 Å². The number of nitrogens with zero attached hydrogens (tertiary/aromatic N) is 2. The molecule has 4 heteroatoms. The van der Waals surface area contributed by atoms with Crippen LogP contribution in [0, 0.1) is 13.8 Å². The first-order valence-electron chi connectivity index (χ1n) is 6.31. The summed E-state index contributed by atoms with van der Waals surface area (Å²) in [6, 6.07) is 14.6. The van der Waals surface area contributed by atoms with Crippen molar-refractivity contribution in [1.29, 1.82) is 0 Å². The molecular formula is C16H13ClN2S. The maximum atomic E-state index is 6.18. The third kappa shape index (κ3) is 2.65. The molecular weight excluding hydrogens is 288 g/mol. The van der Waals surface area contributed by atoms with Crippen molar-refractivity contribution in [1.82, 2.24) is 9.97 Å². The Morgan fingerprint density at radius 2 is 1.60 bits per heavy atom. The van der Waals surface area contributed by atoms with Crippen LogP contribution in [0.4, 0.5) is 0 Å². The van der Waals surface area contributed by atoms with E-state index < -0.39 is 0 Å². The molecule has 3 aromatic rings. The van der Waals surface area contributed by atoms with Crippen LogP contribution in [0.1, 0.15) is 11.4 Å². The molecule has 0 saturated carbocycles. The normalized spacial score (nSPS) is 10.9. The lowest BCUT2D eigenvalue weighted by atomic mass is 10.1. The maximum Gasteiger partial charge on any atom is 0.161 e. The lowest BCUT2D eigenvalue weighted by Crippen LogP contribution is -1.95. The summed E-state index contributed by atoms with van der Waals surface area (Å²) in [6.45, 7) is 3.86. The molecule has 0 saturated heterocycles. The fourth-order valence-corrected chi connectivity index (χ4v) is 3.11. The number of benzene rings is 2. The highest BCUT2D eigenvalue weighted by Gasteiger charge is 2.09. The molecule has 0 bridgehead atoms. The van der Waals surface area contributed by atoms with Gasteiger partial charge in [-0.3, -0.25) is 0 Å². The molecule has 0 spiro atoms. The van der Waals surface area contributed by atoms with Crippen molar-refractivity contribution in [3.63, 3.8) is 0 Å². The molecule has 0 aliphatic heterocycles. The number of hydrogen-bond donors (Lipinski definition) is 0. The van der Waals surface area contributed by atoms with Gasteiger partial charge < -0.3 is 0 Å². The lowest BCUT2D eigenvalue weighted by molar-refractivity contribution is 0.958. The van der Waals surface area contributed by atoms with E-state index in [4.69, 9.17) is 11.6 Å². The van der Waals surface area contributed by atoms with E-state index in [1.54, 1.807) is 11.8 Å². The average Bonchev–Trinajstić information content (AvgIpc) is 2.44. The van der Waals surface area contributed by atoms with Crippen LogP contribution in [0.2, 0.25) is 5.15 Å². The van der Waals surface area contributed by atoms with E-state index in [0.29, 0.717) is 5.15 Å². The smallest absolute Gasteiger partial charge is 0.161 e. The predicted octanol–water partition coefficient (Wildman–Crippen LogP) is 5.05. The van der Waals surface area contributed by atoms with E-state index in [2.05, 4.69) is 40.3 Å². The van der Waals surface area contributed by atoms with Crippen LogP contribution in [-0.4, -0.2) is 9.97 Å². The highest BCUT2D eigenvalue weighted by Crippen LogP contribution is 2.32. The van der Waals surface area contributed by atoms with Crippen LogP contribution in [0.15, 0.2) is 52.4 Å². The fraction of sp³-hybridized carbons (Fsp3) is 0.125. The van der Waals surface area contributed by atoms with Crippen molar-refractivity contribution < 1.29 is 0 Å². The SMILES string of the molecule is Cc1nc(Cl)c(Sc2ccc3ccccc3c2)nc1C. The Hall–Kier alpha value is -1.58. The summed E-state index contributed by atoms with van der Waals surface area (Å²) < 4.78 is 0. The average molecular weight is 301 g/mol. The van der Waals surface area contributed by atoms with Crippen molar-refractivity contribution in [2.24, 2.45) is 0 Å². The largest absolute Gasteiger partial charge is 0.241 e. The number of hydrogen-bond acceptors (Lipinski definition) is 3. The number of halogens is 1. The second-order valence-electron chi connectivity index (χ2n) is 4.60. The number of rotatable bonds is 2. The molecule has 2 aromatic carbocycles. The zero-order valence-electron chi connectivity index (χ0n) is 11.2. The molecule has 0 aliphatic rings. The highest BCUT2D eigenvalue weighted by atomic mass is 35.5. The first-order valence-corrected chi connectivity index (χ1v) is 7.50. The molecule has 0 amide bonds. The molecule has 0 radical (unpaired) electrons. The van der Waals surface area contributed by atoms with Crippen LogP contribution in [-0.2, 0) is 0 Å². The first-order chi connectivity index (χ1) is 9.63. The van der Waals surface area contributed by atoms with Gasteiger partial charge in [0.1, 0.15) is 5.03 Å². The minimum atomic E-state index is 0.464. The molecule has 0 fully saturated rings. The summed E-state index contributed by atoms with van der Waals surface area (Å²) in [5.74, 6) is 0. The minimum absolute atomic E-state index is 0.464. The second kappa shape index (κ2) is 5.43. The van der Waals surface area contributed by atoms with Crippen molar-refractivity contribution >= 4 is 34.1 Å². The maximum absolute atomic E-state index is 6.18. The van der Waals surface area contributed by atoms with Gasteiger partial charge in [0.2, 0.25) is 0 Å². The quantitative estimate of drug-likeness (QED) is 0.662. The highest BCUT2D eigenvalue weighted by molar-refractivity contribution is 7.99. The predicted molar refractivity (Wildman–Crippen MR) is 84.6 cm³/mol. The summed E-state index contributed by atoms with van der Waals surface area (Å²) in [5.41, 5.74) is 1.79. The topological polar surface area (TPSA) is 25.8 Å². The molecule has 0 N–H and O–H groups in total. The molecule has 0 atom stereocenters. The van der Waals surface area contributed by atoms with Crippen LogP contribution >= 0.6 is 23.4 Å². The summed E-state index contributed by atoms with van der Waals surface area (Å²) in [6.07, 6.45) is 0. The zero-order valence-corrected chi connectivity index (χ0v) is 12.8. The molecule has 1 heterocycles. The third-order valence-electron chi connectivity index (χ3n) is 3.17. The standard InChI is InChI=1S/C16H13ClN2S/c1-10-11(2)19-16(15(17)18-10)20-14-8-7-12-5-3-4-6-13(12)9-14/h3-9H,1-2H3. The molecule has 3 rings (SSSR count). The Morgan fingerprint density at radius 3 is 2.40 bits per heavy atom. The van der Waals surface area contributed by atoms with Gasteiger partial charge in [-0.2, -0.15) is 0 Å². The summed E-state index contributed by atoms with van der Waals surface area (Å²) in [7, 11) is 0. The monoisotopic (exact) mass is 300 g/mol. The van der Waals surface area contributed by atoms with Gasteiger partial charge in [-0.1, -0.05) is 53.7 Å². The third-order valence-corrected chi connectivity index (χ3v) is 4.51. The van der Waals surface area contributed by atoms with Crippen molar-refractivity contribution in [2.45, 2.75) is 23.8 Å². The Kier molecular flexibility index (Phi) is 3.64. The summed E-state index contributed by atoms with van der Waals surface area (Å²) in [4.78, 5) is 9.94. The molecule has 0 aliphatic carbocycles. The van der Waals surface area contributed by atoms with E-state index in [1.807, 2.05) is 26.0 Å². The van der Waals surface area contributed by atoms with E-state index in [0.717, 1.165) is 21.3 Å². The summed E-state index contributed by atoms with van der Waals surface area (Å²) in [5, 5.41) is 3.66. The Bertz CT molecular complexity index is 787. The van der Waals surface area contributed by atoms with Gasteiger partial charge in [0.15, 0.2) is 5.15 Å². The van der Waals surface area contributed by atoms with Crippen molar-refractivity contribution in [2.75, 3.05) is 0 Å². The molecule has 1 aromatic heterocycles. The van der Waals surface area contributed by atoms with E-state index in [9.17, 15) is 0 Å². The van der Waals surface area contributed by atoms with Gasteiger partial charge in [-0.05, 0) is 36.8 Å². The molecule has 0 unspecified atom stereocenters. The lowest BCUT2D eigenvalue weighted by Gasteiger charge is -2.07. The van der Waals surface area contributed by atoms with Gasteiger partial charge in [-0.15, -0.1) is 0 Å². The first kappa shape index (κ1) is 13.4. The number of fused-ring (bicyclic) bond motifs is 1. The van der Waals surface area contributed by atoms with Crippen LogP contribution < -0.4 is 0 Å². The van der Waals surface area contributed by atoms with E-state index in [-0.39, 0.29) is 0 Å². The molecule has 100 valence electrons. The van der Waals surface area contributed by atoms with Crippen molar-refractivity contribution in [3.05, 3.63) is 59.0 Å². The van der Waals surface area contributed by atoms with Gasteiger partial charge in [0.05, 0.1) is 11.4 Å². The molecule has 2 nitrogen and oxygen atoms in total. The van der Waals surface area contributed by atoms with Gasteiger partial charge >= 0.3 is 0 Å². The minimum Gasteiger partial charge on any atom is -0.241 e. The second-order valence-corrected chi connectivity index (χ2v) is 6.02. The Morgan fingerprint density at radius 1 is 0.900 bits per heavy atom. The summed E-state index contributed by atoms with van der Waals surface area (Å²) >= 11 is 7.72.